The third kappa shape index (κ3) is 3.63. The van der Waals surface area contributed by atoms with Crippen LogP contribution in [-0.4, -0.2) is 27.5 Å². The summed E-state index contributed by atoms with van der Waals surface area (Å²) in [6.07, 6.45) is 0. The first-order valence-corrected chi connectivity index (χ1v) is 6.46. The number of phenols is 2. The number of phenolic OH excluding ortho intramolecular Hbond substituents is 2. The fourth-order valence-electron chi connectivity index (χ4n) is 1.23. The van der Waals surface area contributed by atoms with Crippen LogP contribution in [0, 0.1) is 5.92 Å². The quantitative estimate of drug-likeness (QED) is 0.590. The standard InChI is InChI=1S/C12H16BrNO3/c1-7(6-13)8(2)14-12(17)9-3-4-10(15)11(16)5-9/h3-5,7-8,15-16H,6H2,1-2H3,(H,14,17). The van der Waals surface area contributed by atoms with Gasteiger partial charge in [0.25, 0.3) is 5.91 Å². The van der Waals surface area contributed by atoms with E-state index >= 15 is 0 Å². The number of carbonyl (C=O) groups is 1. The Morgan fingerprint density at radius 2 is 2.00 bits per heavy atom. The van der Waals surface area contributed by atoms with Gasteiger partial charge in [0.1, 0.15) is 0 Å². The van der Waals surface area contributed by atoms with Crippen molar-refractivity contribution in [1.29, 1.82) is 0 Å². The van der Waals surface area contributed by atoms with Gasteiger partial charge in [-0.05, 0) is 31.0 Å². The van der Waals surface area contributed by atoms with Crippen LogP contribution in [0.5, 0.6) is 11.5 Å². The van der Waals surface area contributed by atoms with Gasteiger partial charge >= 0.3 is 0 Å². The highest BCUT2D eigenvalue weighted by molar-refractivity contribution is 9.09. The van der Waals surface area contributed by atoms with Crippen molar-refractivity contribution < 1.29 is 15.0 Å². The second-order valence-corrected chi connectivity index (χ2v) is 4.74. The largest absolute Gasteiger partial charge is 0.504 e. The van der Waals surface area contributed by atoms with Crippen LogP contribution in [0.15, 0.2) is 18.2 Å². The molecule has 0 bridgehead atoms. The normalized spacial score (nSPS) is 14.1. The van der Waals surface area contributed by atoms with Gasteiger partial charge in [-0.25, -0.2) is 0 Å². The highest BCUT2D eigenvalue weighted by Gasteiger charge is 2.15. The van der Waals surface area contributed by atoms with E-state index in [-0.39, 0.29) is 23.4 Å². The molecule has 0 radical (unpaired) electrons. The zero-order chi connectivity index (χ0) is 13.0. The Labute approximate surface area is 109 Å². The van der Waals surface area contributed by atoms with Crippen LogP contribution in [0.4, 0.5) is 0 Å². The minimum absolute atomic E-state index is 0.0258. The lowest BCUT2D eigenvalue weighted by Crippen LogP contribution is -2.37. The lowest BCUT2D eigenvalue weighted by atomic mass is 10.1. The summed E-state index contributed by atoms with van der Waals surface area (Å²) in [5, 5.41) is 22.1. The molecular formula is C12H16BrNO3. The molecular weight excluding hydrogens is 286 g/mol. The van der Waals surface area contributed by atoms with E-state index in [1.54, 1.807) is 0 Å². The first-order chi connectivity index (χ1) is 7.95. The summed E-state index contributed by atoms with van der Waals surface area (Å²) in [4.78, 5) is 11.8. The molecule has 0 saturated heterocycles. The van der Waals surface area contributed by atoms with Crippen molar-refractivity contribution in [3.8, 4) is 11.5 Å². The molecule has 0 aliphatic rings. The van der Waals surface area contributed by atoms with Crippen molar-refractivity contribution in [2.75, 3.05) is 5.33 Å². The van der Waals surface area contributed by atoms with E-state index in [0.717, 1.165) is 5.33 Å². The number of aromatic hydroxyl groups is 2. The topological polar surface area (TPSA) is 69.6 Å². The van der Waals surface area contributed by atoms with Crippen molar-refractivity contribution >= 4 is 21.8 Å². The van der Waals surface area contributed by atoms with Crippen LogP contribution >= 0.6 is 15.9 Å². The lowest BCUT2D eigenvalue weighted by molar-refractivity contribution is 0.0930. The third-order valence-corrected chi connectivity index (χ3v) is 3.71. The van der Waals surface area contributed by atoms with E-state index in [9.17, 15) is 9.90 Å². The SMILES string of the molecule is CC(CBr)C(C)NC(=O)c1ccc(O)c(O)c1. The lowest BCUT2D eigenvalue weighted by Gasteiger charge is -2.19. The second-order valence-electron chi connectivity index (χ2n) is 4.10. The van der Waals surface area contributed by atoms with Gasteiger partial charge in [0.2, 0.25) is 0 Å². The van der Waals surface area contributed by atoms with Crippen LogP contribution in [-0.2, 0) is 0 Å². The van der Waals surface area contributed by atoms with Gasteiger partial charge in [-0.3, -0.25) is 4.79 Å². The van der Waals surface area contributed by atoms with Crippen LogP contribution < -0.4 is 5.32 Å². The monoisotopic (exact) mass is 301 g/mol. The molecule has 1 aromatic rings. The molecule has 1 rings (SSSR count). The van der Waals surface area contributed by atoms with Crippen molar-refractivity contribution in [3.63, 3.8) is 0 Å². The van der Waals surface area contributed by atoms with E-state index in [4.69, 9.17) is 5.11 Å². The van der Waals surface area contributed by atoms with E-state index in [0.29, 0.717) is 11.5 Å². The summed E-state index contributed by atoms with van der Waals surface area (Å²) in [5.74, 6) is -0.479. The van der Waals surface area contributed by atoms with Gasteiger partial charge in [0, 0.05) is 16.9 Å². The van der Waals surface area contributed by atoms with E-state index < -0.39 is 0 Å². The Morgan fingerprint density at radius 1 is 1.35 bits per heavy atom. The highest BCUT2D eigenvalue weighted by Crippen LogP contribution is 2.24. The van der Waals surface area contributed by atoms with Gasteiger partial charge in [0.05, 0.1) is 0 Å². The number of hydrogen-bond acceptors (Lipinski definition) is 3. The Balaban J connectivity index is 2.73. The molecule has 2 unspecified atom stereocenters. The summed E-state index contributed by atoms with van der Waals surface area (Å²) in [5.41, 5.74) is 0.328. The maximum absolute atomic E-state index is 11.8. The Bertz CT molecular complexity index is 409. The summed E-state index contributed by atoms with van der Waals surface area (Å²) < 4.78 is 0. The van der Waals surface area contributed by atoms with Crippen molar-refractivity contribution in [1.82, 2.24) is 5.32 Å². The van der Waals surface area contributed by atoms with Crippen LogP contribution in [0.3, 0.4) is 0 Å². The summed E-state index contributed by atoms with van der Waals surface area (Å²) in [6, 6.07) is 4.03. The molecule has 0 heterocycles. The van der Waals surface area contributed by atoms with Gasteiger partial charge < -0.3 is 15.5 Å². The molecule has 3 N–H and O–H groups in total. The fourth-order valence-corrected chi connectivity index (χ4v) is 1.79. The van der Waals surface area contributed by atoms with Crippen molar-refractivity contribution in [3.05, 3.63) is 23.8 Å². The Hall–Kier alpha value is -1.23. The molecule has 94 valence electrons. The second kappa shape index (κ2) is 5.91. The minimum Gasteiger partial charge on any atom is -0.504 e. The van der Waals surface area contributed by atoms with Crippen molar-refractivity contribution in [2.45, 2.75) is 19.9 Å². The summed E-state index contributed by atoms with van der Waals surface area (Å²) >= 11 is 3.36. The highest BCUT2D eigenvalue weighted by atomic mass is 79.9. The molecule has 0 aliphatic carbocycles. The van der Waals surface area contributed by atoms with Gasteiger partial charge in [-0.2, -0.15) is 0 Å². The summed E-state index contributed by atoms with van der Waals surface area (Å²) in [7, 11) is 0. The number of rotatable bonds is 4. The predicted molar refractivity (Wildman–Crippen MR) is 69.7 cm³/mol. The van der Waals surface area contributed by atoms with Crippen LogP contribution in [0.25, 0.3) is 0 Å². The molecule has 0 fully saturated rings. The maximum Gasteiger partial charge on any atom is 0.251 e. The van der Waals surface area contributed by atoms with Crippen molar-refractivity contribution in [2.24, 2.45) is 5.92 Å². The molecule has 1 amide bonds. The molecule has 5 heteroatoms. The first-order valence-electron chi connectivity index (χ1n) is 5.34. The number of carbonyl (C=O) groups excluding carboxylic acids is 1. The minimum atomic E-state index is -0.293. The first kappa shape index (κ1) is 13.8. The maximum atomic E-state index is 11.8. The number of benzene rings is 1. The van der Waals surface area contributed by atoms with Crippen LogP contribution in [0.2, 0.25) is 0 Å². The number of amides is 1. The zero-order valence-corrected chi connectivity index (χ0v) is 11.4. The van der Waals surface area contributed by atoms with E-state index in [2.05, 4.69) is 21.2 Å². The molecule has 2 atom stereocenters. The van der Waals surface area contributed by atoms with Crippen LogP contribution in [0.1, 0.15) is 24.2 Å². The third-order valence-electron chi connectivity index (χ3n) is 2.69. The van der Waals surface area contributed by atoms with Gasteiger partial charge in [-0.1, -0.05) is 22.9 Å². The molecule has 0 spiro atoms. The number of nitrogens with one attached hydrogen (secondary N) is 1. The fraction of sp³-hybridized carbons (Fsp3) is 0.417. The average Bonchev–Trinajstić information content (AvgIpc) is 2.31. The number of halogens is 1. The number of hydrogen-bond donors (Lipinski definition) is 3. The molecule has 0 aliphatic heterocycles. The van der Waals surface area contributed by atoms with Gasteiger partial charge in [-0.15, -0.1) is 0 Å². The predicted octanol–water partition coefficient (Wildman–Crippen LogP) is 2.25. The molecule has 4 nitrogen and oxygen atoms in total. The average molecular weight is 302 g/mol. The van der Waals surface area contributed by atoms with Gasteiger partial charge in [0.15, 0.2) is 11.5 Å². The molecule has 17 heavy (non-hydrogen) atoms. The molecule has 0 aromatic heterocycles. The zero-order valence-electron chi connectivity index (χ0n) is 9.77. The number of alkyl halides is 1. The van der Waals surface area contributed by atoms with E-state index in [1.165, 1.54) is 18.2 Å². The summed E-state index contributed by atoms with van der Waals surface area (Å²) in [6.45, 7) is 3.94. The Morgan fingerprint density at radius 3 is 2.53 bits per heavy atom. The molecule has 0 saturated carbocycles. The Kier molecular flexibility index (Phi) is 4.81. The molecule has 1 aromatic carbocycles. The van der Waals surface area contributed by atoms with E-state index in [1.807, 2.05) is 13.8 Å². The smallest absolute Gasteiger partial charge is 0.251 e.